The second kappa shape index (κ2) is 14.1. The normalized spacial score (nSPS) is 11.8. The maximum atomic E-state index is 11.9. The molecule has 0 aromatic carbocycles. The summed E-state index contributed by atoms with van der Waals surface area (Å²) in [6.07, 6.45) is 17.2. The van der Waals surface area contributed by atoms with E-state index in [9.17, 15) is 9.90 Å². The summed E-state index contributed by atoms with van der Waals surface area (Å²) < 4.78 is 0. The Morgan fingerprint density at radius 1 is 0.636 bits per heavy atom. The van der Waals surface area contributed by atoms with E-state index in [-0.39, 0.29) is 0 Å². The van der Waals surface area contributed by atoms with E-state index < -0.39 is 11.4 Å². The molecule has 0 rings (SSSR count). The standard InChI is InChI=1S/C20H40O2/c1-4-7-10-11-12-13-14-15-18-20(19(21)22,16-8-5-2)17-9-6-3/h4-18H2,1-3H3,(H,21,22). The summed E-state index contributed by atoms with van der Waals surface area (Å²) in [6.45, 7) is 6.56. The van der Waals surface area contributed by atoms with Crippen LogP contribution in [0.2, 0.25) is 0 Å². The summed E-state index contributed by atoms with van der Waals surface area (Å²) >= 11 is 0. The van der Waals surface area contributed by atoms with Crippen LogP contribution in [0.5, 0.6) is 0 Å². The Labute approximate surface area is 139 Å². The predicted molar refractivity (Wildman–Crippen MR) is 96.3 cm³/mol. The third-order valence-electron chi connectivity index (χ3n) is 4.98. The van der Waals surface area contributed by atoms with Crippen molar-refractivity contribution >= 4 is 5.97 Å². The Balaban J connectivity index is 4.13. The summed E-state index contributed by atoms with van der Waals surface area (Å²) in [6, 6.07) is 0. The fraction of sp³-hybridized carbons (Fsp3) is 0.950. The third-order valence-corrected chi connectivity index (χ3v) is 4.98. The van der Waals surface area contributed by atoms with Crippen molar-refractivity contribution in [2.75, 3.05) is 0 Å². The topological polar surface area (TPSA) is 37.3 Å². The molecule has 0 aromatic rings. The van der Waals surface area contributed by atoms with E-state index in [0.29, 0.717) is 0 Å². The van der Waals surface area contributed by atoms with Crippen molar-refractivity contribution in [2.24, 2.45) is 5.41 Å². The van der Waals surface area contributed by atoms with Crippen LogP contribution in [0.3, 0.4) is 0 Å². The highest BCUT2D eigenvalue weighted by molar-refractivity contribution is 5.74. The van der Waals surface area contributed by atoms with Gasteiger partial charge in [0.2, 0.25) is 0 Å². The molecule has 0 aromatic heterocycles. The first-order valence-corrected chi connectivity index (χ1v) is 9.86. The third kappa shape index (κ3) is 9.48. The van der Waals surface area contributed by atoms with Gasteiger partial charge in [-0.15, -0.1) is 0 Å². The Hall–Kier alpha value is -0.530. The van der Waals surface area contributed by atoms with E-state index in [4.69, 9.17) is 0 Å². The number of unbranched alkanes of at least 4 members (excludes halogenated alkanes) is 9. The lowest BCUT2D eigenvalue weighted by Crippen LogP contribution is -2.31. The largest absolute Gasteiger partial charge is 0.481 e. The molecule has 0 aliphatic rings. The Morgan fingerprint density at radius 2 is 1.00 bits per heavy atom. The van der Waals surface area contributed by atoms with Crippen LogP contribution in [0.4, 0.5) is 0 Å². The highest BCUT2D eigenvalue weighted by Gasteiger charge is 2.36. The monoisotopic (exact) mass is 312 g/mol. The molecule has 0 atom stereocenters. The minimum absolute atomic E-state index is 0.436. The fourth-order valence-corrected chi connectivity index (χ4v) is 3.32. The zero-order valence-corrected chi connectivity index (χ0v) is 15.5. The lowest BCUT2D eigenvalue weighted by Gasteiger charge is -2.29. The van der Waals surface area contributed by atoms with Gasteiger partial charge in [0, 0.05) is 0 Å². The SMILES string of the molecule is CCCCCCCCCCC(CCCC)(CCCC)C(=O)O. The molecule has 0 unspecified atom stereocenters. The second-order valence-corrected chi connectivity index (χ2v) is 7.02. The number of hydrogen-bond acceptors (Lipinski definition) is 1. The van der Waals surface area contributed by atoms with Gasteiger partial charge in [0.25, 0.3) is 0 Å². The summed E-state index contributed by atoms with van der Waals surface area (Å²) in [5.41, 5.74) is -0.436. The Morgan fingerprint density at radius 3 is 1.41 bits per heavy atom. The lowest BCUT2D eigenvalue weighted by molar-refractivity contribution is -0.150. The van der Waals surface area contributed by atoms with Crippen LogP contribution >= 0.6 is 0 Å². The van der Waals surface area contributed by atoms with Crippen LogP contribution < -0.4 is 0 Å². The van der Waals surface area contributed by atoms with Crippen LogP contribution in [-0.2, 0) is 4.79 Å². The molecule has 132 valence electrons. The fourth-order valence-electron chi connectivity index (χ4n) is 3.32. The molecule has 0 saturated carbocycles. The van der Waals surface area contributed by atoms with E-state index in [1.807, 2.05) is 0 Å². The Bertz CT molecular complexity index is 252. The summed E-state index contributed by atoms with van der Waals surface area (Å²) in [5, 5.41) is 9.78. The molecule has 0 fully saturated rings. The van der Waals surface area contributed by atoms with E-state index in [1.165, 1.54) is 44.9 Å². The van der Waals surface area contributed by atoms with Crippen molar-refractivity contribution < 1.29 is 9.90 Å². The van der Waals surface area contributed by atoms with Gasteiger partial charge in [-0.2, -0.15) is 0 Å². The number of carbonyl (C=O) groups is 1. The molecule has 0 amide bonds. The van der Waals surface area contributed by atoms with Crippen molar-refractivity contribution in [1.29, 1.82) is 0 Å². The highest BCUT2D eigenvalue weighted by Crippen LogP contribution is 2.37. The zero-order valence-electron chi connectivity index (χ0n) is 15.5. The van der Waals surface area contributed by atoms with Crippen LogP contribution in [0, 0.1) is 5.41 Å². The van der Waals surface area contributed by atoms with Gasteiger partial charge >= 0.3 is 5.97 Å². The highest BCUT2D eigenvalue weighted by atomic mass is 16.4. The molecule has 0 spiro atoms. The zero-order chi connectivity index (χ0) is 16.7. The first-order chi connectivity index (χ1) is 10.6. The van der Waals surface area contributed by atoms with Gasteiger partial charge in [-0.25, -0.2) is 0 Å². The molecular weight excluding hydrogens is 272 g/mol. The van der Waals surface area contributed by atoms with Crippen molar-refractivity contribution in [3.8, 4) is 0 Å². The number of aliphatic carboxylic acids is 1. The molecule has 0 aliphatic heterocycles. The van der Waals surface area contributed by atoms with Crippen LogP contribution in [-0.4, -0.2) is 11.1 Å². The van der Waals surface area contributed by atoms with Gasteiger partial charge in [-0.3, -0.25) is 4.79 Å². The van der Waals surface area contributed by atoms with Crippen molar-refractivity contribution in [2.45, 2.75) is 117 Å². The number of carboxylic acid groups (broad SMARTS) is 1. The van der Waals surface area contributed by atoms with E-state index >= 15 is 0 Å². The average Bonchev–Trinajstić information content (AvgIpc) is 2.51. The quantitative estimate of drug-likeness (QED) is 0.312. The summed E-state index contributed by atoms with van der Waals surface area (Å²) in [7, 11) is 0. The molecule has 2 heteroatoms. The maximum absolute atomic E-state index is 11.9. The van der Waals surface area contributed by atoms with Gasteiger partial charge in [0.1, 0.15) is 0 Å². The minimum atomic E-state index is -0.544. The average molecular weight is 313 g/mol. The first-order valence-electron chi connectivity index (χ1n) is 9.86. The molecule has 1 N–H and O–H groups in total. The molecule has 0 bridgehead atoms. The molecule has 0 heterocycles. The summed E-state index contributed by atoms with van der Waals surface area (Å²) in [5.74, 6) is -0.544. The van der Waals surface area contributed by atoms with Gasteiger partial charge in [-0.1, -0.05) is 97.8 Å². The second-order valence-electron chi connectivity index (χ2n) is 7.02. The van der Waals surface area contributed by atoms with Crippen molar-refractivity contribution in [3.63, 3.8) is 0 Å². The molecule has 0 saturated heterocycles. The molecular formula is C20H40O2. The minimum Gasteiger partial charge on any atom is -0.481 e. The smallest absolute Gasteiger partial charge is 0.309 e. The lowest BCUT2D eigenvalue weighted by atomic mass is 9.74. The van der Waals surface area contributed by atoms with Crippen LogP contribution in [0.1, 0.15) is 117 Å². The van der Waals surface area contributed by atoms with Crippen LogP contribution in [0.25, 0.3) is 0 Å². The van der Waals surface area contributed by atoms with E-state index in [2.05, 4.69) is 20.8 Å². The van der Waals surface area contributed by atoms with Crippen LogP contribution in [0.15, 0.2) is 0 Å². The molecule has 2 nitrogen and oxygen atoms in total. The Kier molecular flexibility index (Phi) is 13.7. The first kappa shape index (κ1) is 21.5. The van der Waals surface area contributed by atoms with Crippen molar-refractivity contribution in [1.82, 2.24) is 0 Å². The van der Waals surface area contributed by atoms with Gasteiger partial charge in [0.15, 0.2) is 0 Å². The van der Waals surface area contributed by atoms with Gasteiger partial charge in [-0.05, 0) is 19.3 Å². The maximum Gasteiger partial charge on any atom is 0.309 e. The predicted octanol–water partition coefficient (Wildman–Crippen LogP) is 6.97. The van der Waals surface area contributed by atoms with E-state index in [0.717, 1.165) is 51.4 Å². The molecule has 0 radical (unpaired) electrons. The number of carboxylic acids is 1. The van der Waals surface area contributed by atoms with E-state index in [1.54, 1.807) is 0 Å². The number of hydrogen-bond donors (Lipinski definition) is 1. The molecule has 22 heavy (non-hydrogen) atoms. The number of rotatable bonds is 16. The molecule has 0 aliphatic carbocycles. The van der Waals surface area contributed by atoms with Crippen molar-refractivity contribution in [3.05, 3.63) is 0 Å². The van der Waals surface area contributed by atoms with Gasteiger partial charge in [0.05, 0.1) is 5.41 Å². The van der Waals surface area contributed by atoms with Gasteiger partial charge < -0.3 is 5.11 Å². The summed E-state index contributed by atoms with van der Waals surface area (Å²) in [4.78, 5) is 11.9.